The van der Waals surface area contributed by atoms with Crippen LogP contribution < -0.4 is 5.32 Å². The number of rotatable bonds is 5. The van der Waals surface area contributed by atoms with Gasteiger partial charge in [0.1, 0.15) is 17.3 Å². The lowest BCUT2D eigenvalue weighted by atomic mass is 10.1. The Bertz CT molecular complexity index is 915. The smallest absolute Gasteiger partial charge is 0.248 e. The van der Waals surface area contributed by atoms with E-state index in [0.29, 0.717) is 28.3 Å². The zero-order valence-electron chi connectivity index (χ0n) is 13.3. The molecule has 1 aromatic heterocycles. The van der Waals surface area contributed by atoms with Gasteiger partial charge in [-0.3, -0.25) is 4.79 Å². The molecule has 126 valence electrons. The van der Waals surface area contributed by atoms with Crippen molar-refractivity contribution in [3.8, 4) is 11.3 Å². The number of amides is 1. The minimum atomic E-state index is -0.367. The summed E-state index contributed by atoms with van der Waals surface area (Å²) in [5.74, 6) is 0.138. The monoisotopic (exact) mass is 337 g/mol. The molecule has 0 radical (unpaired) electrons. The van der Waals surface area contributed by atoms with Crippen LogP contribution in [0, 0.1) is 5.82 Å². The first-order chi connectivity index (χ1) is 12.2. The van der Waals surface area contributed by atoms with Gasteiger partial charge < -0.3 is 14.8 Å². The standard InChI is InChI=1S/C20H16FNO3/c21-18-7-2-1-6-17(18)19-10-8-16(25-19)9-11-20(24)22-15-5-3-4-14(12-15)13-23/h1-12,23H,13H2,(H,22,24)/b11-9+. The van der Waals surface area contributed by atoms with E-state index in [9.17, 15) is 9.18 Å². The maximum absolute atomic E-state index is 13.7. The molecule has 1 heterocycles. The molecule has 5 heteroatoms. The van der Waals surface area contributed by atoms with Crippen molar-refractivity contribution in [2.75, 3.05) is 5.32 Å². The van der Waals surface area contributed by atoms with Gasteiger partial charge in [0.15, 0.2) is 0 Å². The number of carbonyl (C=O) groups is 1. The summed E-state index contributed by atoms with van der Waals surface area (Å²) in [6.07, 6.45) is 2.84. The Balaban J connectivity index is 1.68. The summed E-state index contributed by atoms with van der Waals surface area (Å²) < 4.78 is 19.3. The van der Waals surface area contributed by atoms with E-state index in [0.717, 1.165) is 0 Å². The number of furan rings is 1. The molecule has 0 atom stereocenters. The quantitative estimate of drug-likeness (QED) is 0.685. The van der Waals surface area contributed by atoms with Gasteiger partial charge in [-0.1, -0.05) is 24.3 Å². The van der Waals surface area contributed by atoms with E-state index in [2.05, 4.69) is 5.32 Å². The maximum Gasteiger partial charge on any atom is 0.248 e. The summed E-state index contributed by atoms with van der Waals surface area (Å²) in [4.78, 5) is 12.0. The SMILES string of the molecule is O=C(/C=C/c1ccc(-c2ccccc2F)o1)Nc1cccc(CO)c1. The molecular formula is C20H16FNO3. The number of aliphatic hydroxyl groups is 1. The Morgan fingerprint density at radius 2 is 1.96 bits per heavy atom. The van der Waals surface area contributed by atoms with Gasteiger partial charge in [-0.25, -0.2) is 4.39 Å². The lowest BCUT2D eigenvalue weighted by Gasteiger charge is -2.03. The van der Waals surface area contributed by atoms with Crippen LogP contribution >= 0.6 is 0 Å². The second-order valence-corrected chi connectivity index (χ2v) is 5.36. The molecule has 2 N–H and O–H groups in total. The van der Waals surface area contributed by atoms with Crippen molar-refractivity contribution in [1.82, 2.24) is 0 Å². The topological polar surface area (TPSA) is 62.5 Å². The average molecular weight is 337 g/mol. The Hall–Kier alpha value is -3.18. The third-order valence-corrected chi connectivity index (χ3v) is 3.54. The van der Waals surface area contributed by atoms with Crippen LogP contribution in [0.1, 0.15) is 11.3 Å². The van der Waals surface area contributed by atoms with E-state index in [1.54, 1.807) is 54.6 Å². The van der Waals surface area contributed by atoms with Crippen LogP contribution in [0.4, 0.5) is 10.1 Å². The lowest BCUT2D eigenvalue weighted by molar-refractivity contribution is -0.111. The number of carbonyl (C=O) groups excluding carboxylic acids is 1. The summed E-state index contributed by atoms with van der Waals surface area (Å²) in [5, 5.41) is 11.8. The molecule has 4 nitrogen and oxygen atoms in total. The average Bonchev–Trinajstić information content (AvgIpc) is 3.09. The van der Waals surface area contributed by atoms with Crippen molar-refractivity contribution in [3.05, 3.63) is 83.9 Å². The van der Waals surface area contributed by atoms with Crippen LogP contribution in [0.3, 0.4) is 0 Å². The zero-order chi connectivity index (χ0) is 17.6. The van der Waals surface area contributed by atoms with Gasteiger partial charge in [0.05, 0.1) is 12.2 Å². The lowest BCUT2D eigenvalue weighted by Crippen LogP contribution is -2.07. The first-order valence-corrected chi connectivity index (χ1v) is 7.69. The molecule has 3 aromatic rings. The number of hydrogen-bond donors (Lipinski definition) is 2. The molecule has 0 spiro atoms. The van der Waals surface area contributed by atoms with Crippen LogP contribution in [0.15, 0.2) is 71.2 Å². The van der Waals surface area contributed by atoms with Gasteiger partial charge in [0.2, 0.25) is 5.91 Å². The molecule has 2 aromatic carbocycles. The summed E-state index contributed by atoms with van der Waals surface area (Å²) in [7, 11) is 0. The van der Waals surface area contributed by atoms with Crippen LogP contribution in [-0.2, 0) is 11.4 Å². The summed E-state index contributed by atoms with van der Waals surface area (Å²) in [6, 6.07) is 16.6. The summed E-state index contributed by atoms with van der Waals surface area (Å²) in [6.45, 7) is -0.0925. The predicted octanol–water partition coefficient (Wildman–Crippen LogP) is 4.23. The van der Waals surface area contributed by atoms with E-state index in [1.165, 1.54) is 18.2 Å². The first-order valence-electron chi connectivity index (χ1n) is 7.69. The number of benzene rings is 2. The van der Waals surface area contributed by atoms with E-state index < -0.39 is 0 Å². The van der Waals surface area contributed by atoms with Crippen LogP contribution in [0.5, 0.6) is 0 Å². The number of halogens is 1. The summed E-state index contributed by atoms with van der Waals surface area (Å²) >= 11 is 0. The van der Waals surface area contributed by atoms with Gasteiger partial charge in [0, 0.05) is 11.8 Å². The fourth-order valence-corrected chi connectivity index (χ4v) is 2.34. The van der Waals surface area contributed by atoms with Crippen molar-refractivity contribution < 1.29 is 18.7 Å². The largest absolute Gasteiger partial charge is 0.457 e. The third-order valence-electron chi connectivity index (χ3n) is 3.54. The highest BCUT2D eigenvalue weighted by atomic mass is 19.1. The second-order valence-electron chi connectivity index (χ2n) is 5.36. The number of hydrogen-bond acceptors (Lipinski definition) is 3. The Morgan fingerprint density at radius 1 is 1.12 bits per heavy atom. The van der Waals surface area contributed by atoms with E-state index in [4.69, 9.17) is 9.52 Å². The van der Waals surface area contributed by atoms with E-state index in [1.807, 2.05) is 0 Å². The Morgan fingerprint density at radius 3 is 2.76 bits per heavy atom. The minimum absolute atomic E-state index is 0.0925. The van der Waals surface area contributed by atoms with Gasteiger partial charge >= 0.3 is 0 Å². The van der Waals surface area contributed by atoms with Crippen molar-refractivity contribution in [2.24, 2.45) is 0 Å². The molecular weight excluding hydrogens is 321 g/mol. The molecule has 0 fully saturated rings. The normalized spacial score (nSPS) is 11.0. The molecule has 0 aliphatic heterocycles. The van der Waals surface area contributed by atoms with Crippen molar-refractivity contribution in [3.63, 3.8) is 0 Å². The van der Waals surface area contributed by atoms with Crippen molar-refractivity contribution in [1.29, 1.82) is 0 Å². The fraction of sp³-hybridized carbons (Fsp3) is 0.0500. The highest BCUT2D eigenvalue weighted by molar-refractivity contribution is 6.01. The maximum atomic E-state index is 13.7. The number of anilines is 1. The van der Waals surface area contributed by atoms with Crippen LogP contribution in [0.25, 0.3) is 17.4 Å². The fourth-order valence-electron chi connectivity index (χ4n) is 2.34. The highest BCUT2D eigenvalue weighted by Crippen LogP contribution is 2.25. The van der Waals surface area contributed by atoms with E-state index >= 15 is 0 Å². The Kier molecular flexibility index (Phi) is 5.06. The molecule has 3 rings (SSSR count). The molecule has 0 aliphatic carbocycles. The van der Waals surface area contributed by atoms with Gasteiger partial charge in [0.25, 0.3) is 0 Å². The van der Waals surface area contributed by atoms with Crippen LogP contribution in [-0.4, -0.2) is 11.0 Å². The van der Waals surface area contributed by atoms with Gasteiger partial charge in [-0.05, 0) is 48.0 Å². The third kappa shape index (κ3) is 4.22. The number of aliphatic hydroxyl groups excluding tert-OH is 1. The molecule has 0 aliphatic rings. The first kappa shape index (κ1) is 16.7. The highest BCUT2D eigenvalue weighted by Gasteiger charge is 2.08. The van der Waals surface area contributed by atoms with E-state index in [-0.39, 0.29) is 18.3 Å². The zero-order valence-corrected chi connectivity index (χ0v) is 13.3. The Labute approximate surface area is 144 Å². The molecule has 0 bridgehead atoms. The predicted molar refractivity (Wildman–Crippen MR) is 94.1 cm³/mol. The second kappa shape index (κ2) is 7.59. The molecule has 0 unspecified atom stereocenters. The van der Waals surface area contributed by atoms with Gasteiger partial charge in [-0.2, -0.15) is 0 Å². The van der Waals surface area contributed by atoms with Crippen molar-refractivity contribution >= 4 is 17.7 Å². The molecule has 25 heavy (non-hydrogen) atoms. The molecule has 0 saturated heterocycles. The summed E-state index contributed by atoms with van der Waals surface area (Å²) in [5.41, 5.74) is 1.67. The van der Waals surface area contributed by atoms with Gasteiger partial charge in [-0.15, -0.1) is 0 Å². The van der Waals surface area contributed by atoms with Crippen molar-refractivity contribution in [2.45, 2.75) is 6.61 Å². The van der Waals surface area contributed by atoms with Crippen LogP contribution in [0.2, 0.25) is 0 Å². The molecule has 0 saturated carbocycles. The molecule has 1 amide bonds. The minimum Gasteiger partial charge on any atom is -0.457 e. The number of nitrogens with one attached hydrogen (secondary N) is 1.